The SMILES string of the molecule is O=C1NC[C@@H](I)C(=O)N1. The molecule has 1 atom stereocenters. The minimum atomic E-state index is -0.395. The lowest BCUT2D eigenvalue weighted by molar-refractivity contribution is -0.119. The molecule has 5 heteroatoms. The average Bonchev–Trinajstić information content (AvgIpc) is 1.80. The standard InChI is InChI=1S/C4H5IN2O2/c5-2-1-6-4(9)7-3(2)8/h2H,1H2,(H2,6,7,8,9)/t2-/m1/s1. The largest absolute Gasteiger partial charge is 0.336 e. The van der Waals surface area contributed by atoms with Crippen molar-refractivity contribution in [1.82, 2.24) is 10.6 Å². The smallest absolute Gasteiger partial charge is 0.321 e. The van der Waals surface area contributed by atoms with Gasteiger partial charge in [-0.1, -0.05) is 22.6 Å². The van der Waals surface area contributed by atoms with Gasteiger partial charge < -0.3 is 5.32 Å². The number of carbonyl (C=O) groups is 2. The third kappa shape index (κ3) is 1.54. The predicted octanol–water partition coefficient (Wildman–Crippen LogP) is -0.371. The fourth-order valence-corrected chi connectivity index (χ4v) is 0.885. The molecule has 0 unspecified atom stereocenters. The zero-order valence-corrected chi connectivity index (χ0v) is 6.64. The van der Waals surface area contributed by atoms with Crippen molar-refractivity contribution in [2.75, 3.05) is 6.54 Å². The molecular weight excluding hydrogens is 235 g/mol. The van der Waals surface area contributed by atoms with Crippen LogP contribution in [0.25, 0.3) is 0 Å². The van der Waals surface area contributed by atoms with Gasteiger partial charge in [-0.3, -0.25) is 10.1 Å². The first-order valence-electron chi connectivity index (χ1n) is 2.43. The molecule has 1 rings (SSSR count). The van der Waals surface area contributed by atoms with Crippen LogP contribution >= 0.6 is 22.6 Å². The number of halogens is 1. The maximum Gasteiger partial charge on any atom is 0.321 e. The molecule has 2 N–H and O–H groups in total. The van der Waals surface area contributed by atoms with Gasteiger partial charge in [0.25, 0.3) is 0 Å². The zero-order valence-electron chi connectivity index (χ0n) is 4.48. The molecule has 0 aliphatic carbocycles. The Morgan fingerprint density at radius 2 is 2.22 bits per heavy atom. The quantitative estimate of drug-likeness (QED) is 0.448. The van der Waals surface area contributed by atoms with Crippen LogP contribution in [0.2, 0.25) is 0 Å². The molecule has 4 nitrogen and oxygen atoms in total. The zero-order chi connectivity index (χ0) is 6.85. The first-order chi connectivity index (χ1) is 4.20. The highest BCUT2D eigenvalue weighted by atomic mass is 127. The molecule has 0 aromatic rings. The number of alkyl halides is 1. The fourth-order valence-electron chi connectivity index (χ4n) is 0.509. The van der Waals surface area contributed by atoms with E-state index in [0.29, 0.717) is 6.54 Å². The van der Waals surface area contributed by atoms with Crippen LogP contribution in [0, 0.1) is 0 Å². The Kier molecular flexibility index (Phi) is 1.89. The lowest BCUT2D eigenvalue weighted by atomic mass is 10.3. The van der Waals surface area contributed by atoms with Crippen LogP contribution in [-0.2, 0) is 4.79 Å². The monoisotopic (exact) mass is 240 g/mol. The summed E-state index contributed by atoms with van der Waals surface area (Å²) >= 11 is 1.97. The lowest BCUT2D eigenvalue weighted by Crippen LogP contribution is -2.52. The van der Waals surface area contributed by atoms with E-state index in [2.05, 4.69) is 10.6 Å². The topological polar surface area (TPSA) is 58.2 Å². The Hall–Kier alpha value is -0.330. The molecule has 50 valence electrons. The highest BCUT2D eigenvalue weighted by molar-refractivity contribution is 14.1. The van der Waals surface area contributed by atoms with Crippen molar-refractivity contribution in [3.8, 4) is 0 Å². The van der Waals surface area contributed by atoms with E-state index in [-0.39, 0.29) is 9.83 Å². The van der Waals surface area contributed by atoms with E-state index in [4.69, 9.17) is 0 Å². The van der Waals surface area contributed by atoms with Crippen molar-refractivity contribution in [2.45, 2.75) is 3.92 Å². The third-order valence-electron chi connectivity index (χ3n) is 0.963. The predicted molar refractivity (Wildman–Crippen MR) is 39.3 cm³/mol. The van der Waals surface area contributed by atoms with E-state index >= 15 is 0 Å². The van der Waals surface area contributed by atoms with E-state index in [9.17, 15) is 9.59 Å². The minimum Gasteiger partial charge on any atom is -0.336 e. The summed E-state index contributed by atoms with van der Waals surface area (Å²) in [6, 6.07) is -0.395. The van der Waals surface area contributed by atoms with Gasteiger partial charge in [0.05, 0.1) is 0 Å². The van der Waals surface area contributed by atoms with E-state index in [1.54, 1.807) is 0 Å². The first kappa shape index (κ1) is 6.79. The second-order valence-corrected chi connectivity index (χ2v) is 3.17. The number of hydrogen-bond acceptors (Lipinski definition) is 2. The van der Waals surface area contributed by atoms with Gasteiger partial charge in [0.1, 0.15) is 3.92 Å². The van der Waals surface area contributed by atoms with Gasteiger partial charge in [-0.2, -0.15) is 0 Å². The van der Waals surface area contributed by atoms with E-state index in [0.717, 1.165) is 0 Å². The van der Waals surface area contributed by atoms with Gasteiger partial charge in [0.15, 0.2) is 0 Å². The van der Waals surface area contributed by atoms with Crippen molar-refractivity contribution < 1.29 is 9.59 Å². The molecule has 0 aromatic heterocycles. The van der Waals surface area contributed by atoms with Gasteiger partial charge in [-0.05, 0) is 0 Å². The summed E-state index contributed by atoms with van der Waals surface area (Å²) < 4.78 is -0.125. The molecule has 0 bridgehead atoms. The van der Waals surface area contributed by atoms with E-state index in [1.165, 1.54) is 0 Å². The van der Waals surface area contributed by atoms with Gasteiger partial charge in [0.2, 0.25) is 5.91 Å². The summed E-state index contributed by atoms with van der Waals surface area (Å²) in [6.07, 6.45) is 0. The number of urea groups is 1. The van der Waals surface area contributed by atoms with Crippen molar-refractivity contribution in [1.29, 1.82) is 0 Å². The van der Waals surface area contributed by atoms with Crippen LogP contribution in [0.15, 0.2) is 0 Å². The van der Waals surface area contributed by atoms with Gasteiger partial charge in [-0.25, -0.2) is 4.79 Å². The first-order valence-corrected chi connectivity index (χ1v) is 3.67. The van der Waals surface area contributed by atoms with Crippen molar-refractivity contribution in [3.05, 3.63) is 0 Å². The fraction of sp³-hybridized carbons (Fsp3) is 0.500. The Morgan fingerprint density at radius 3 is 2.67 bits per heavy atom. The number of carbonyl (C=O) groups excluding carboxylic acids is 2. The number of nitrogens with one attached hydrogen (secondary N) is 2. The second kappa shape index (κ2) is 2.51. The molecular formula is C4H5IN2O2. The molecule has 1 fully saturated rings. The minimum absolute atomic E-state index is 0.125. The van der Waals surface area contributed by atoms with Crippen LogP contribution < -0.4 is 10.6 Å². The Labute approximate surface area is 65.5 Å². The highest BCUT2D eigenvalue weighted by Gasteiger charge is 2.22. The van der Waals surface area contributed by atoms with Crippen LogP contribution in [0.3, 0.4) is 0 Å². The lowest BCUT2D eigenvalue weighted by Gasteiger charge is -2.16. The highest BCUT2D eigenvalue weighted by Crippen LogP contribution is 2.00. The number of hydrogen-bond donors (Lipinski definition) is 2. The van der Waals surface area contributed by atoms with Crippen LogP contribution in [0.5, 0.6) is 0 Å². The summed E-state index contributed by atoms with van der Waals surface area (Å²) in [6.45, 7) is 0.436. The molecule has 0 radical (unpaired) electrons. The molecule has 0 spiro atoms. The van der Waals surface area contributed by atoms with Crippen LogP contribution in [0.1, 0.15) is 0 Å². The van der Waals surface area contributed by atoms with Crippen molar-refractivity contribution in [2.24, 2.45) is 0 Å². The second-order valence-electron chi connectivity index (χ2n) is 1.67. The molecule has 9 heavy (non-hydrogen) atoms. The van der Waals surface area contributed by atoms with Gasteiger partial charge in [-0.15, -0.1) is 0 Å². The summed E-state index contributed by atoms with van der Waals surface area (Å²) in [5.41, 5.74) is 0. The summed E-state index contributed by atoms with van der Waals surface area (Å²) in [5, 5.41) is 4.62. The molecule has 3 amide bonds. The molecule has 1 saturated heterocycles. The molecule has 0 saturated carbocycles. The normalized spacial score (nSPS) is 27.0. The van der Waals surface area contributed by atoms with Gasteiger partial charge in [0, 0.05) is 6.54 Å². The van der Waals surface area contributed by atoms with Gasteiger partial charge >= 0.3 is 6.03 Å². The maximum absolute atomic E-state index is 10.6. The maximum atomic E-state index is 10.6. The van der Waals surface area contributed by atoms with Crippen LogP contribution in [0.4, 0.5) is 4.79 Å². The summed E-state index contributed by atoms with van der Waals surface area (Å²) in [4.78, 5) is 21.0. The number of amides is 3. The molecule has 0 aromatic carbocycles. The number of rotatable bonds is 0. The third-order valence-corrected chi connectivity index (χ3v) is 1.97. The number of imide groups is 1. The van der Waals surface area contributed by atoms with E-state index < -0.39 is 6.03 Å². The van der Waals surface area contributed by atoms with Crippen molar-refractivity contribution >= 4 is 34.5 Å². The Balaban J connectivity index is 2.54. The molecule has 1 aliphatic heterocycles. The summed E-state index contributed by atoms with van der Waals surface area (Å²) in [7, 11) is 0. The Morgan fingerprint density at radius 1 is 1.56 bits per heavy atom. The Bertz CT molecular complexity index is 159. The summed E-state index contributed by atoms with van der Waals surface area (Å²) in [5.74, 6) is -0.209. The average molecular weight is 240 g/mol. The molecule has 1 aliphatic rings. The van der Waals surface area contributed by atoms with Crippen molar-refractivity contribution in [3.63, 3.8) is 0 Å². The molecule has 1 heterocycles. The van der Waals surface area contributed by atoms with E-state index in [1.807, 2.05) is 22.6 Å². The van der Waals surface area contributed by atoms with Crippen LogP contribution in [-0.4, -0.2) is 22.4 Å².